The first-order valence-electron chi connectivity index (χ1n) is 13.1. The number of carbonyl (C=O) groups is 2. The lowest BCUT2D eigenvalue weighted by Crippen LogP contribution is -2.46. The van der Waals surface area contributed by atoms with E-state index in [4.69, 9.17) is 9.47 Å². The summed E-state index contributed by atoms with van der Waals surface area (Å²) in [5.41, 5.74) is 3.42. The van der Waals surface area contributed by atoms with E-state index in [1.54, 1.807) is 17.0 Å². The summed E-state index contributed by atoms with van der Waals surface area (Å²) in [6.07, 6.45) is -4.35. The number of ether oxygens (including phenoxy) is 2. The third kappa shape index (κ3) is 6.24. The first kappa shape index (κ1) is 28.5. The summed E-state index contributed by atoms with van der Waals surface area (Å²) in [5, 5.41) is 1.93. The Morgan fingerprint density at radius 1 is 1.05 bits per heavy atom. The lowest BCUT2D eigenvalue weighted by Gasteiger charge is -2.36. The van der Waals surface area contributed by atoms with Gasteiger partial charge in [-0.15, -0.1) is 0 Å². The highest BCUT2D eigenvalue weighted by Gasteiger charge is 2.39. The van der Waals surface area contributed by atoms with E-state index in [0.29, 0.717) is 30.0 Å². The van der Waals surface area contributed by atoms with Crippen molar-refractivity contribution >= 4 is 17.5 Å². The summed E-state index contributed by atoms with van der Waals surface area (Å²) >= 11 is 0. The van der Waals surface area contributed by atoms with Crippen LogP contribution in [0.15, 0.2) is 36.4 Å². The highest BCUT2D eigenvalue weighted by molar-refractivity contribution is 6.00. The van der Waals surface area contributed by atoms with Crippen LogP contribution in [0.1, 0.15) is 47.3 Å². The molecule has 11 heteroatoms. The topological polar surface area (TPSA) is 74.3 Å². The molecule has 0 spiro atoms. The summed E-state index contributed by atoms with van der Waals surface area (Å²) in [7, 11) is 3.05. The highest BCUT2D eigenvalue weighted by atomic mass is 19.4. The quantitative estimate of drug-likeness (QED) is 0.453. The number of methoxy groups -OCH3 is 2. The van der Waals surface area contributed by atoms with E-state index in [0.717, 1.165) is 49.5 Å². The van der Waals surface area contributed by atoms with Crippen LogP contribution in [0.5, 0.6) is 11.5 Å². The smallest absolute Gasteiger partial charge is 0.471 e. The van der Waals surface area contributed by atoms with E-state index in [2.05, 4.69) is 22.8 Å². The maximum absolute atomic E-state index is 13.7. The summed E-state index contributed by atoms with van der Waals surface area (Å²) < 4.78 is 48.7. The predicted molar refractivity (Wildman–Crippen MR) is 141 cm³/mol. The molecule has 2 aliphatic rings. The molecule has 0 unspecified atom stereocenters. The van der Waals surface area contributed by atoms with Crippen molar-refractivity contribution in [2.75, 3.05) is 58.4 Å². The van der Waals surface area contributed by atoms with E-state index in [1.807, 2.05) is 23.5 Å². The van der Waals surface area contributed by atoms with Gasteiger partial charge in [0.2, 0.25) is 0 Å². The SMILES string of the molecule is CCN1CCN(c2cccc3c2CN([C@H](CCCNC(=O)C(F)(F)F)c2ccc(OC)c(OC)c2)C3=O)CC1. The van der Waals surface area contributed by atoms with Crippen LogP contribution < -0.4 is 19.7 Å². The Hall–Kier alpha value is -3.47. The second kappa shape index (κ2) is 12.1. The fraction of sp³-hybridized carbons (Fsp3) is 0.500. The number of hydrogen-bond donors (Lipinski definition) is 1. The summed E-state index contributed by atoms with van der Waals surface area (Å²) in [6.45, 7) is 7.02. The van der Waals surface area contributed by atoms with Crippen LogP contribution in [-0.2, 0) is 11.3 Å². The van der Waals surface area contributed by atoms with Crippen LogP contribution in [0.3, 0.4) is 0 Å². The molecule has 0 saturated carbocycles. The van der Waals surface area contributed by atoms with Gasteiger partial charge in [-0.1, -0.05) is 19.1 Å². The number of nitrogens with one attached hydrogen (secondary N) is 1. The Morgan fingerprint density at radius 2 is 1.77 bits per heavy atom. The molecule has 2 aromatic rings. The van der Waals surface area contributed by atoms with Crippen LogP contribution in [0.4, 0.5) is 18.9 Å². The van der Waals surface area contributed by atoms with E-state index >= 15 is 0 Å². The predicted octanol–water partition coefficient (Wildman–Crippen LogP) is 4.00. The van der Waals surface area contributed by atoms with Crippen LogP contribution >= 0.6 is 0 Å². The molecule has 2 aromatic carbocycles. The van der Waals surface area contributed by atoms with Crippen LogP contribution in [0.25, 0.3) is 0 Å². The number of anilines is 1. The molecule has 2 aliphatic heterocycles. The van der Waals surface area contributed by atoms with Gasteiger partial charge in [0.25, 0.3) is 5.91 Å². The van der Waals surface area contributed by atoms with E-state index < -0.39 is 18.1 Å². The van der Waals surface area contributed by atoms with Crippen molar-refractivity contribution < 1.29 is 32.2 Å². The van der Waals surface area contributed by atoms with Gasteiger partial charge in [0.05, 0.1) is 20.3 Å². The van der Waals surface area contributed by atoms with Crippen molar-refractivity contribution in [3.8, 4) is 11.5 Å². The minimum Gasteiger partial charge on any atom is -0.493 e. The minimum atomic E-state index is -4.94. The van der Waals surface area contributed by atoms with Crippen molar-refractivity contribution in [1.82, 2.24) is 15.1 Å². The maximum Gasteiger partial charge on any atom is 0.471 e. The standard InChI is InChI=1S/C28H35F3N4O4/c1-4-33-13-15-34(16-14-33)23-8-5-7-20-21(23)18-35(26(20)36)22(9-6-12-32-27(37)28(29,30)31)19-10-11-24(38-2)25(17-19)39-3/h5,7-8,10-11,17,22H,4,6,9,12-16,18H2,1-3H3,(H,32,37)/t22-/m1/s1. The van der Waals surface area contributed by atoms with Gasteiger partial charge in [-0.05, 0) is 49.2 Å². The van der Waals surface area contributed by atoms with Crippen molar-refractivity contribution in [2.45, 2.75) is 38.5 Å². The Balaban J connectivity index is 1.59. The number of rotatable bonds is 10. The van der Waals surface area contributed by atoms with Crippen molar-refractivity contribution in [2.24, 2.45) is 0 Å². The number of carbonyl (C=O) groups excluding carboxylic acids is 2. The molecule has 0 aliphatic carbocycles. The molecule has 1 fully saturated rings. The Kier molecular flexibility index (Phi) is 8.89. The molecule has 2 heterocycles. The number of alkyl halides is 3. The largest absolute Gasteiger partial charge is 0.493 e. The second-order valence-electron chi connectivity index (χ2n) is 9.68. The van der Waals surface area contributed by atoms with Crippen molar-refractivity contribution in [3.05, 3.63) is 53.1 Å². The normalized spacial score (nSPS) is 16.7. The zero-order valence-electron chi connectivity index (χ0n) is 22.5. The number of amides is 2. The average molecular weight is 549 g/mol. The Labute approximate surface area is 226 Å². The first-order chi connectivity index (χ1) is 18.7. The Bertz CT molecular complexity index is 1180. The third-order valence-electron chi connectivity index (χ3n) is 7.50. The molecule has 0 aromatic heterocycles. The van der Waals surface area contributed by atoms with Crippen LogP contribution in [-0.4, -0.2) is 81.3 Å². The number of halogens is 3. The van der Waals surface area contributed by atoms with Gasteiger partial charge in [0.1, 0.15) is 0 Å². The lowest BCUT2D eigenvalue weighted by atomic mass is 9.99. The van der Waals surface area contributed by atoms with Gasteiger partial charge in [-0.25, -0.2) is 0 Å². The molecule has 2 amide bonds. The van der Waals surface area contributed by atoms with E-state index in [9.17, 15) is 22.8 Å². The molecular weight excluding hydrogens is 513 g/mol. The molecule has 1 N–H and O–H groups in total. The summed E-state index contributed by atoms with van der Waals surface area (Å²) in [5.74, 6) is -1.08. The fourth-order valence-electron chi connectivity index (χ4n) is 5.35. The first-order valence-corrected chi connectivity index (χ1v) is 13.1. The minimum absolute atomic E-state index is 0.127. The number of benzene rings is 2. The molecule has 1 saturated heterocycles. The van der Waals surface area contributed by atoms with Gasteiger partial charge < -0.3 is 29.5 Å². The van der Waals surface area contributed by atoms with Crippen molar-refractivity contribution in [3.63, 3.8) is 0 Å². The van der Waals surface area contributed by atoms with Gasteiger partial charge in [-0.3, -0.25) is 9.59 Å². The third-order valence-corrected chi connectivity index (χ3v) is 7.50. The number of nitrogens with zero attached hydrogens (tertiary/aromatic N) is 3. The van der Waals surface area contributed by atoms with Gasteiger partial charge in [0, 0.05) is 56.1 Å². The number of piperazine rings is 1. The maximum atomic E-state index is 13.7. The highest BCUT2D eigenvalue weighted by Crippen LogP contribution is 2.40. The van der Waals surface area contributed by atoms with Gasteiger partial charge >= 0.3 is 12.1 Å². The zero-order chi connectivity index (χ0) is 28.2. The molecule has 1 atom stereocenters. The number of likely N-dealkylation sites (N-methyl/N-ethyl adjacent to an activating group) is 1. The van der Waals surface area contributed by atoms with Crippen LogP contribution in [0.2, 0.25) is 0 Å². The van der Waals surface area contributed by atoms with Crippen molar-refractivity contribution in [1.29, 1.82) is 0 Å². The average Bonchev–Trinajstić information content (AvgIpc) is 3.28. The fourth-order valence-corrected chi connectivity index (χ4v) is 5.35. The molecule has 0 bridgehead atoms. The molecule has 0 radical (unpaired) electrons. The monoisotopic (exact) mass is 548 g/mol. The summed E-state index contributed by atoms with van der Waals surface area (Å²) in [4.78, 5) is 31.5. The van der Waals surface area contributed by atoms with Gasteiger partial charge in [0.15, 0.2) is 11.5 Å². The number of fused-ring (bicyclic) bond motifs is 1. The molecule has 4 rings (SSSR count). The van der Waals surface area contributed by atoms with Crippen LogP contribution in [0, 0.1) is 0 Å². The number of hydrogen-bond acceptors (Lipinski definition) is 6. The molecule has 39 heavy (non-hydrogen) atoms. The van der Waals surface area contributed by atoms with E-state index in [-0.39, 0.29) is 18.9 Å². The second-order valence-corrected chi connectivity index (χ2v) is 9.68. The van der Waals surface area contributed by atoms with Gasteiger partial charge in [-0.2, -0.15) is 13.2 Å². The molecule has 8 nitrogen and oxygen atoms in total. The zero-order valence-corrected chi connectivity index (χ0v) is 22.5. The molecule has 212 valence electrons. The van der Waals surface area contributed by atoms with E-state index in [1.165, 1.54) is 14.2 Å². The summed E-state index contributed by atoms with van der Waals surface area (Å²) in [6, 6.07) is 10.7. The molecular formula is C28H35F3N4O4. The Morgan fingerprint density at radius 3 is 2.41 bits per heavy atom. The lowest BCUT2D eigenvalue weighted by molar-refractivity contribution is -0.173.